The number of rotatable bonds is 4. The maximum absolute atomic E-state index is 12.3. The lowest BCUT2D eigenvalue weighted by Crippen LogP contribution is -2.26. The summed E-state index contributed by atoms with van der Waals surface area (Å²) in [4.78, 5) is 13.7. The summed E-state index contributed by atoms with van der Waals surface area (Å²) in [6.07, 6.45) is 2.84. The molecule has 0 radical (unpaired) electrons. The number of ether oxygens (including phenoxy) is 2. The van der Waals surface area contributed by atoms with E-state index < -0.39 is 6.09 Å². The van der Waals surface area contributed by atoms with E-state index in [2.05, 4.69) is 0 Å². The van der Waals surface area contributed by atoms with Crippen LogP contribution in [0.15, 0.2) is 83.7 Å². The molecule has 0 N–H and O–H groups in total. The first kappa shape index (κ1) is 20.4. The second kappa shape index (κ2) is 9.27. The van der Waals surface area contributed by atoms with E-state index >= 15 is 0 Å². The minimum Gasteiger partial charge on any atom is -0.461 e. The molecule has 0 aliphatic carbocycles. The highest BCUT2D eigenvalue weighted by Crippen LogP contribution is 2.29. The van der Waals surface area contributed by atoms with Gasteiger partial charge >= 0.3 is 6.09 Å². The highest BCUT2D eigenvalue weighted by Gasteiger charge is 2.16. The molecule has 0 saturated carbocycles. The van der Waals surface area contributed by atoms with Crippen LogP contribution in [0.5, 0.6) is 0 Å². The van der Waals surface area contributed by atoms with E-state index in [1.54, 1.807) is 50.4 Å². The van der Waals surface area contributed by atoms with Gasteiger partial charge in [-0.3, -0.25) is 4.90 Å². The molecule has 0 saturated heterocycles. The number of carbonyl (C=O) groups excluding carboxylic acids is 1. The number of hydrogen-bond donors (Lipinski definition) is 0. The first-order valence-corrected chi connectivity index (χ1v) is 9.19. The zero-order valence-corrected chi connectivity index (χ0v) is 16.6. The van der Waals surface area contributed by atoms with E-state index in [1.807, 2.05) is 42.5 Å². The van der Waals surface area contributed by atoms with Gasteiger partial charge in [-0.15, -0.1) is 0 Å². The van der Waals surface area contributed by atoms with Crippen molar-refractivity contribution in [2.24, 2.45) is 0 Å². The summed E-state index contributed by atoms with van der Waals surface area (Å²) < 4.78 is 11.1. The zero-order chi connectivity index (χ0) is 21.5. The number of carbonyl (C=O) groups is 1. The Morgan fingerprint density at radius 2 is 1.70 bits per heavy atom. The molecule has 2 aromatic rings. The van der Waals surface area contributed by atoms with E-state index in [-0.39, 0.29) is 12.2 Å². The first-order chi connectivity index (χ1) is 14.5. The third kappa shape index (κ3) is 4.76. The van der Waals surface area contributed by atoms with E-state index in [4.69, 9.17) is 20.0 Å². The highest BCUT2D eigenvalue weighted by molar-refractivity contribution is 5.87. The number of amides is 1. The first-order valence-electron chi connectivity index (χ1n) is 9.19. The van der Waals surface area contributed by atoms with Crippen LogP contribution in [0.2, 0.25) is 0 Å². The van der Waals surface area contributed by atoms with Crippen LogP contribution in [0.25, 0.3) is 5.76 Å². The molecular formula is C24H19N3O3. The predicted molar refractivity (Wildman–Crippen MR) is 113 cm³/mol. The second-order valence-electron chi connectivity index (χ2n) is 6.57. The van der Waals surface area contributed by atoms with Crippen LogP contribution in [0.3, 0.4) is 0 Å². The number of allylic oxidation sites excluding steroid dienone is 5. The Balaban J connectivity index is 1.73. The SMILES string of the molecule is CC1=CC(=C(C#N)C#N)C=C(c2ccc(N(C)C(=O)OCc3ccccc3)cc2)O1. The number of anilines is 1. The summed E-state index contributed by atoms with van der Waals surface area (Å²) >= 11 is 0. The van der Waals surface area contributed by atoms with Crippen molar-refractivity contribution in [3.05, 3.63) is 94.8 Å². The van der Waals surface area contributed by atoms with Gasteiger partial charge in [-0.25, -0.2) is 4.79 Å². The number of benzene rings is 2. The molecule has 0 atom stereocenters. The average molecular weight is 397 g/mol. The van der Waals surface area contributed by atoms with Crippen molar-refractivity contribution in [3.63, 3.8) is 0 Å². The van der Waals surface area contributed by atoms with E-state index in [9.17, 15) is 4.79 Å². The van der Waals surface area contributed by atoms with Gasteiger partial charge in [0.2, 0.25) is 0 Å². The summed E-state index contributed by atoms with van der Waals surface area (Å²) in [5.74, 6) is 1.10. The van der Waals surface area contributed by atoms with Crippen LogP contribution in [0.1, 0.15) is 18.1 Å². The zero-order valence-electron chi connectivity index (χ0n) is 16.6. The molecule has 1 amide bonds. The molecule has 1 heterocycles. The summed E-state index contributed by atoms with van der Waals surface area (Å²) in [6.45, 7) is 1.95. The number of nitriles is 2. The van der Waals surface area contributed by atoms with Crippen LogP contribution in [-0.4, -0.2) is 13.1 Å². The molecule has 0 fully saturated rings. The summed E-state index contributed by atoms with van der Waals surface area (Å²) in [5.41, 5.74) is 2.85. The molecule has 0 aromatic heterocycles. The van der Waals surface area contributed by atoms with Gasteiger partial charge in [0.15, 0.2) is 0 Å². The normalized spacial score (nSPS) is 12.5. The van der Waals surface area contributed by atoms with Gasteiger partial charge in [0.1, 0.15) is 35.8 Å². The summed E-state index contributed by atoms with van der Waals surface area (Å²) in [6, 6.07) is 20.4. The predicted octanol–water partition coefficient (Wildman–Crippen LogP) is 5.08. The fourth-order valence-electron chi connectivity index (χ4n) is 2.85. The third-order valence-electron chi connectivity index (χ3n) is 4.45. The molecule has 6 nitrogen and oxygen atoms in total. The minimum atomic E-state index is -0.462. The van der Waals surface area contributed by atoms with Crippen LogP contribution >= 0.6 is 0 Å². The maximum atomic E-state index is 12.3. The quantitative estimate of drug-likeness (QED) is 0.672. The Morgan fingerprint density at radius 3 is 2.33 bits per heavy atom. The lowest BCUT2D eigenvalue weighted by molar-refractivity contribution is 0.148. The van der Waals surface area contributed by atoms with Gasteiger partial charge in [-0.05, 0) is 48.9 Å². The highest BCUT2D eigenvalue weighted by atomic mass is 16.6. The van der Waals surface area contributed by atoms with E-state index in [0.29, 0.717) is 22.8 Å². The van der Waals surface area contributed by atoms with Gasteiger partial charge in [0, 0.05) is 23.9 Å². The van der Waals surface area contributed by atoms with E-state index in [1.165, 1.54) is 4.90 Å². The fraction of sp³-hybridized carbons (Fsp3) is 0.125. The summed E-state index contributed by atoms with van der Waals surface area (Å²) in [7, 11) is 1.64. The van der Waals surface area contributed by atoms with Gasteiger partial charge in [0.05, 0.1) is 0 Å². The molecule has 0 spiro atoms. The topological polar surface area (TPSA) is 86.4 Å². The average Bonchev–Trinajstić information content (AvgIpc) is 2.78. The van der Waals surface area contributed by atoms with Gasteiger partial charge in [0.25, 0.3) is 0 Å². The Labute approximate surface area is 175 Å². The van der Waals surface area contributed by atoms with Gasteiger partial charge in [-0.2, -0.15) is 10.5 Å². The standard InChI is InChI=1S/C24H19N3O3/c1-17-12-20(21(14-25)15-26)13-23(30-17)19-8-10-22(11-9-19)27(2)24(28)29-16-18-6-4-3-5-7-18/h3-13H,16H2,1-2H3. The second-order valence-corrected chi connectivity index (χ2v) is 6.57. The number of nitrogens with zero attached hydrogens (tertiary/aromatic N) is 3. The Kier molecular flexibility index (Phi) is 6.32. The van der Waals surface area contributed by atoms with Crippen molar-refractivity contribution in [2.75, 3.05) is 11.9 Å². The van der Waals surface area contributed by atoms with Crippen LogP contribution < -0.4 is 4.90 Å². The third-order valence-corrected chi connectivity index (χ3v) is 4.45. The molecule has 2 aromatic carbocycles. The van der Waals surface area contributed by atoms with Crippen molar-refractivity contribution in [1.82, 2.24) is 0 Å². The van der Waals surface area contributed by atoms with Crippen molar-refractivity contribution < 1.29 is 14.3 Å². The molecular weight excluding hydrogens is 378 g/mol. The Bertz CT molecular complexity index is 1100. The summed E-state index contributed by atoms with van der Waals surface area (Å²) in [5, 5.41) is 18.2. The fourth-order valence-corrected chi connectivity index (χ4v) is 2.85. The molecule has 1 aliphatic rings. The largest absolute Gasteiger partial charge is 0.461 e. The Hall–Kier alpha value is -4.29. The molecule has 3 rings (SSSR count). The van der Waals surface area contributed by atoms with Crippen molar-refractivity contribution in [1.29, 1.82) is 10.5 Å². The molecule has 30 heavy (non-hydrogen) atoms. The lowest BCUT2D eigenvalue weighted by atomic mass is 10.0. The molecule has 0 bridgehead atoms. The number of hydrogen-bond acceptors (Lipinski definition) is 5. The molecule has 6 heteroatoms. The maximum Gasteiger partial charge on any atom is 0.414 e. The molecule has 0 unspecified atom stereocenters. The smallest absolute Gasteiger partial charge is 0.414 e. The monoisotopic (exact) mass is 397 g/mol. The van der Waals surface area contributed by atoms with Crippen LogP contribution in [-0.2, 0) is 16.1 Å². The minimum absolute atomic E-state index is 0.0210. The van der Waals surface area contributed by atoms with Crippen LogP contribution in [0, 0.1) is 22.7 Å². The molecule has 148 valence electrons. The molecule has 1 aliphatic heterocycles. The van der Waals surface area contributed by atoms with Crippen molar-refractivity contribution in [3.8, 4) is 12.1 Å². The lowest BCUT2D eigenvalue weighted by Gasteiger charge is -2.19. The Morgan fingerprint density at radius 1 is 1.03 bits per heavy atom. The van der Waals surface area contributed by atoms with Crippen molar-refractivity contribution in [2.45, 2.75) is 13.5 Å². The van der Waals surface area contributed by atoms with Crippen molar-refractivity contribution >= 4 is 17.5 Å². The van der Waals surface area contributed by atoms with Gasteiger partial charge in [-0.1, -0.05) is 30.3 Å². The van der Waals surface area contributed by atoms with E-state index in [0.717, 1.165) is 11.1 Å². The van der Waals surface area contributed by atoms with Gasteiger partial charge < -0.3 is 9.47 Å². The van der Waals surface area contributed by atoms with Crippen LogP contribution in [0.4, 0.5) is 10.5 Å².